The van der Waals surface area contributed by atoms with Gasteiger partial charge in [0.25, 0.3) is 0 Å². The van der Waals surface area contributed by atoms with Crippen LogP contribution in [0.2, 0.25) is 5.02 Å². The smallest absolute Gasteiger partial charge is 0.223 e. The van der Waals surface area contributed by atoms with Crippen molar-refractivity contribution in [2.45, 2.75) is 25.3 Å². The zero-order chi connectivity index (χ0) is 10.2. The number of rotatable bonds is 2. The fraction of sp³-hybridized carbons (Fsp3) is 0.364. The van der Waals surface area contributed by atoms with Crippen LogP contribution in [0.5, 0.6) is 0 Å². The van der Waals surface area contributed by atoms with Gasteiger partial charge in [0.15, 0.2) is 0 Å². The summed E-state index contributed by atoms with van der Waals surface area (Å²) in [6.07, 6.45) is 1.48. The first kappa shape index (κ1) is 9.53. The molecule has 1 N–H and O–H groups in total. The second-order valence-corrected chi connectivity index (χ2v) is 4.11. The Morgan fingerprint density at radius 1 is 1.57 bits per heavy atom. The highest BCUT2D eigenvalue weighted by molar-refractivity contribution is 6.30. The molecule has 1 fully saturated rings. The summed E-state index contributed by atoms with van der Waals surface area (Å²) in [5, 5.41) is 3.67. The van der Waals surface area contributed by atoms with Crippen LogP contribution in [0.1, 0.15) is 25.3 Å². The Hall–Kier alpha value is -1.02. The molecule has 1 saturated heterocycles. The van der Waals surface area contributed by atoms with Gasteiger partial charge in [-0.15, -0.1) is 0 Å². The predicted molar refractivity (Wildman–Crippen MR) is 56.2 cm³/mol. The third kappa shape index (κ3) is 1.40. The lowest BCUT2D eigenvalue weighted by Crippen LogP contribution is -2.57. The van der Waals surface area contributed by atoms with Crippen LogP contribution in [0.4, 0.5) is 0 Å². The molecular formula is C11H12ClNO. The Balaban J connectivity index is 2.33. The Morgan fingerprint density at radius 3 is 2.79 bits per heavy atom. The van der Waals surface area contributed by atoms with Crippen molar-refractivity contribution in [2.24, 2.45) is 0 Å². The third-order valence-corrected chi connectivity index (χ3v) is 3.06. The Labute approximate surface area is 88.3 Å². The van der Waals surface area contributed by atoms with Crippen molar-refractivity contribution in [2.75, 3.05) is 0 Å². The second kappa shape index (κ2) is 3.28. The SMILES string of the molecule is CCC1(c2cccc(Cl)c2)CC(=O)N1. The molecule has 1 aliphatic rings. The number of carbonyl (C=O) groups excluding carboxylic acids is 1. The van der Waals surface area contributed by atoms with E-state index in [0.29, 0.717) is 6.42 Å². The lowest BCUT2D eigenvalue weighted by atomic mass is 9.78. The Bertz CT molecular complexity index is 367. The molecule has 1 aromatic carbocycles. The monoisotopic (exact) mass is 209 g/mol. The van der Waals surface area contributed by atoms with Crippen LogP contribution in [0, 0.1) is 0 Å². The largest absolute Gasteiger partial charge is 0.346 e. The maximum atomic E-state index is 11.0. The van der Waals surface area contributed by atoms with Crippen molar-refractivity contribution in [3.05, 3.63) is 34.9 Å². The molecule has 74 valence electrons. The van der Waals surface area contributed by atoms with E-state index in [0.717, 1.165) is 17.0 Å². The first-order valence-corrected chi connectivity index (χ1v) is 5.11. The Morgan fingerprint density at radius 2 is 2.29 bits per heavy atom. The van der Waals surface area contributed by atoms with Crippen molar-refractivity contribution in [1.82, 2.24) is 5.32 Å². The summed E-state index contributed by atoms with van der Waals surface area (Å²) in [7, 11) is 0. The molecule has 0 radical (unpaired) electrons. The van der Waals surface area contributed by atoms with Crippen molar-refractivity contribution in [3.8, 4) is 0 Å². The summed E-state index contributed by atoms with van der Waals surface area (Å²) in [5.41, 5.74) is 0.939. The highest BCUT2D eigenvalue weighted by Crippen LogP contribution is 2.36. The third-order valence-electron chi connectivity index (χ3n) is 2.82. The van der Waals surface area contributed by atoms with Crippen LogP contribution in [0.15, 0.2) is 24.3 Å². The van der Waals surface area contributed by atoms with Gasteiger partial charge >= 0.3 is 0 Å². The average Bonchev–Trinajstić information content (AvgIpc) is 2.12. The number of amides is 1. The summed E-state index contributed by atoms with van der Waals surface area (Å²) in [5.74, 6) is 0.117. The number of β-lactam (4-membered cyclic amide) rings is 1. The number of nitrogens with one attached hydrogen (secondary N) is 1. The van der Waals surface area contributed by atoms with Gasteiger partial charge in [-0.05, 0) is 24.1 Å². The molecule has 0 saturated carbocycles. The first-order valence-electron chi connectivity index (χ1n) is 4.73. The van der Waals surface area contributed by atoms with Gasteiger partial charge in [-0.2, -0.15) is 0 Å². The zero-order valence-electron chi connectivity index (χ0n) is 8.01. The van der Waals surface area contributed by atoms with Gasteiger partial charge in [-0.3, -0.25) is 4.79 Å². The molecule has 1 aromatic rings. The molecule has 0 aliphatic carbocycles. The fourth-order valence-corrected chi connectivity index (χ4v) is 2.09. The van der Waals surface area contributed by atoms with E-state index >= 15 is 0 Å². The minimum absolute atomic E-state index is 0.117. The van der Waals surface area contributed by atoms with Crippen molar-refractivity contribution >= 4 is 17.5 Å². The van der Waals surface area contributed by atoms with E-state index in [2.05, 4.69) is 12.2 Å². The van der Waals surface area contributed by atoms with E-state index in [-0.39, 0.29) is 11.4 Å². The molecule has 1 atom stereocenters. The van der Waals surface area contributed by atoms with Crippen LogP contribution < -0.4 is 5.32 Å². The van der Waals surface area contributed by atoms with Crippen molar-refractivity contribution in [1.29, 1.82) is 0 Å². The zero-order valence-corrected chi connectivity index (χ0v) is 8.77. The van der Waals surface area contributed by atoms with Gasteiger partial charge in [-0.1, -0.05) is 30.7 Å². The van der Waals surface area contributed by atoms with Crippen LogP contribution >= 0.6 is 11.6 Å². The predicted octanol–water partition coefficient (Wildman–Crippen LogP) is 2.47. The van der Waals surface area contributed by atoms with E-state index in [1.807, 2.05) is 24.3 Å². The number of halogens is 1. The second-order valence-electron chi connectivity index (χ2n) is 3.67. The molecule has 0 bridgehead atoms. The summed E-state index contributed by atoms with van der Waals surface area (Å²) in [6, 6.07) is 7.69. The molecule has 2 nitrogen and oxygen atoms in total. The summed E-state index contributed by atoms with van der Waals surface area (Å²) >= 11 is 5.91. The van der Waals surface area contributed by atoms with Gasteiger partial charge in [0.2, 0.25) is 5.91 Å². The molecule has 14 heavy (non-hydrogen) atoms. The van der Waals surface area contributed by atoms with Gasteiger partial charge < -0.3 is 5.32 Å². The van der Waals surface area contributed by atoms with Crippen molar-refractivity contribution in [3.63, 3.8) is 0 Å². The highest BCUT2D eigenvalue weighted by atomic mass is 35.5. The van der Waals surface area contributed by atoms with Gasteiger partial charge in [-0.25, -0.2) is 0 Å². The van der Waals surface area contributed by atoms with Crippen molar-refractivity contribution < 1.29 is 4.79 Å². The first-order chi connectivity index (χ1) is 6.66. The number of hydrogen-bond donors (Lipinski definition) is 1. The minimum Gasteiger partial charge on any atom is -0.346 e. The number of carbonyl (C=O) groups is 1. The number of hydrogen-bond acceptors (Lipinski definition) is 1. The van der Waals surface area contributed by atoms with E-state index in [4.69, 9.17) is 11.6 Å². The van der Waals surface area contributed by atoms with E-state index in [1.54, 1.807) is 0 Å². The quantitative estimate of drug-likeness (QED) is 0.745. The Kier molecular flexibility index (Phi) is 2.23. The molecule has 0 aromatic heterocycles. The van der Waals surface area contributed by atoms with E-state index in [1.165, 1.54) is 0 Å². The molecule has 1 aliphatic heterocycles. The number of benzene rings is 1. The minimum atomic E-state index is -0.165. The average molecular weight is 210 g/mol. The molecule has 2 rings (SSSR count). The summed E-state index contributed by atoms with van der Waals surface area (Å²) in [6.45, 7) is 2.07. The summed E-state index contributed by atoms with van der Waals surface area (Å²) in [4.78, 5) is 11.0. The fourth-order valence-electron chi connectivity index (χ4n) is 1.90. The van der Waals surface area contributed by atoms with Gasteiger partial charge in [0, 0.05) is 5.02 Å². The van der Waals surface area contributed by atoms with Crippen LogP contribution in [0.3, 0.4) is 0 Å². The van der Waals surface area contributed by atoms with E-state index in [9.17, 15) is 4.79 Å². The van der Waals surface area contributed by atoms with Crippen LogP contribution in [-0.4, -0.2) is 5.91 Å². The van der Waals surface area contributed by atoms with E-state index < -0.39 is 0 Å². The standard InChI is InChI=1S/C11H12ClNO/c1-2-11(7-10(14)13-11)8-4-3-5-9(12)6-8/h3-6H,2,7H2,1H3,(H,13,14). The molecule has 1 unspecified atom stereocenters. The summed E-state index contributed by atoms with van der Waals surface area (Å²) < 4.78 is 0. The lowest BCUT2D eigenvalue weighted by molar-refractivity contribution is -0.133. The van der Waals surface area contributed by atoms with Gasteiger partial charge in [0.05, 0.1) is 12.0 Å². The topological polar surface area (TPSA) is 29.1 Å². The van der Waals surface area contributed by atoms with Crippen LogP contribution in [-0.2, 0) is 10.3 Å². The lowest BCUT2D eigenvalue weighted by Gasteiger charge is -2.42. The van der Waals surface area contributed by atoms with Crippen LogP contribution in [0.25, 0.3) is 0 Å². The molecule has 0 spiro atoms. The van der Waals surface area contributed by atoms with Gasteiger partial charge in [0.1, 0.15) is 0 Å². The molecular weight excluding hydrogens is 198 g/mol. The molecule has 1 amide bonds. The molecule has 3 heteroatoms. The normalized spacial score (nSPS) is 25.4. The maximum absolute atomic E-state index is 11.0. The maximum Gasteiger partial charge on any atom is 0.223 e. The highest BCUT2D eigenvalue weighted by Gasteiger charge is 2.42. The molecule has 1 heterocycles.